The van der Waals surface area contributed by atoms with E-state index >= 15 is 0 Å². The molecule has 1 unspecified atom stereocenters. The number of benzene rings is 2. The standard InChI is InChI=1S/C19H23N/c1-20-19(15-5-2-3-6-15)17-12-11-14-10-9-13-7-4-8-16(17)18(13)14/h4,7-8,11-12,15,19-20H,2-3,5-6,9-10H2,1H3. The summed E-state index contributed by atoms with van der Waals surface area (Å²) in [7, 11) is 2.13. The highest BCUT2D eigenvalue weighted by molar-refractivity contribution is 5.93. The molecule has 0 saturated heterocycles. The molecular formula is C19H23N. The highest BCUT2D eigenvalue weighted by Gasteiger charge is 2.27. The van der Waals surface area contributed by atoms with E-state index in [0.717, 1.165) is 5.92 Å². The van der Waals surface area contributed by atoms with Crippen LogP contribution in [0.1, 0.15) is 48.4 Å². The van der Waals surface area contributed by atoms with Crippen molar-refractivity contribution in [1.82, 2.24) is 5.32 Å². The van der Waals surface area contributed by atoms with Gasteiger partial charge < -0.3 is 5.32 Å². The quantitative estimate of drug-likeness (QED) is 0.868. The summed E-state index contributed by atoms with van der Waals surface area (Å²) in [5.74, 6) is 0.818. The van der Waals surface area contributed by atoms with Crippen LogP contribution in [0.5, 0.6) is 0 Å². The smallest absolute Gasteiger partial charge is 0.0352 e. The number of aryl methyl sites for hydroxylation is 2. The summed E-state index contributed by atoms with van der Waals surface area (Å²) in [6.45, 7) is 0. The van der Waals surface area contributed by atoms with Gasteiger partial charge in [-0.05, 0) is 66.1 Å². The molecule has 0 amide bonds. The average Bonchev–Trinajstić information content (AvgIpc) is 3.13. The van der Waals surface area contributed by atoms with Gasteiger partial charge in [0.25, 0.3) is 0 Å². The second kappa shape index (κ2) is 4.89. The monoisotopic (exact) mass is 265 g/mol. The molecule has 20 heavy (non-hydrogen) atoms. The fourth-order valence-electron chi connectivity index (χ4n) is 4.48. The highest BCUT2D eigenvalue weighted by Crippen LogP contribution is 2.40. The maximum Gasteiger partial charge on any atom is 0.0352 e. The Labute approximate surface area is 121 Å². The van der Waals surface area contributed by atoms with Gasteiger partial charge in [0.15, 0.2) is 0 Å². The maximum atomic E-state index is 3.61. The van der Waals surface area contributed by atoms with E-state index in [1.807, 2.05) is 0 Å². The first-order chi connectivity index (χ1) is 9.88. The molecule has 0 radical (unpaired) electrons. The molecule has 1 N–H and O–H groups in total. The van der Waals surface area contributed by atoms with E-state index in [1.54, 1.807) is 16.5 Å². The maximum absolute atomic E-state index is 3.61. The molecule has 2 aromatic rings. The normalized spacial score (nSPS) is 19.9. The summed E-state index contributed by atoms with van der Waals surface area (Å²) in [6, 6.07) is 12.2. The van der Waals surface area contributed by atoms with Gasteiger partial charge in [-0.2, -0.15) is 0 Å². The minimum absolute atomic E-state index is 0.530. The van der Waals surface area contributed by atoms with Gasteiger partial charge in [0.2, 0.25) is 0 Å². The Hall–Kier alpha value is -1.34. The summed E-state index contributed by atoms with van der Waals surface area (Å²) in [6.07, 6.45) is 8.03. The van der Waals surface area contributed by atoms with E-state index in [-0.39, 0.29) is 0 Å². The van der Waals surface area contributed by atoms with Crippen LogP contribution in [0.2, 0.25) is 0 Å². The summed E-state index contributed by atoms with van der Waals surface area (Å²) < 4.78 is 0. The molecule has 0 aromatic heterocycles. The second-order valence-electron chi connectivity index (χ2n) is 6.46. The molecule has 0 bridgehead atoms. The summed E-state index contributed by atoms with van der Waals surface area (Å²) in [5, 5.41) is 6.67. The first-order valence-corrected chi connectivity index (χ1v) is 8.09. The van der Waals surface area contributed by atoms with E-state index in [9.17, 15) is 0 Å². The molecule has 1 atom stereocenters. The van der Waals surface area contributed by atoms with Crippen LogP contribution in [-0.4, -0.2) is 7.05 Å². The lowest BCUT2D eigenvalue weighted by Gasteiger charge is -2.25. The van der Waals surface area contributed by atoms with Crippen molar-refractivity contribution < 1.29 is 0 Å². The van der Waals surface area contributed by atoms with Crippen LogP contribution in [0, 0.1) is 5.92 Å². The Morgan fingerprint density at radius 2 is 1.75 bits per heavy atom. The largest absolute Gasteiger partial charge is 0.313 e. The Morgan fingerprint density at radius 3 is 2.50 bits per heavy atom. The first-order valence-electron chi connectivity index (χ1n) is 8.09. The van der Waals surface area contributed by atoms with E-state index < -0.39 is 0 Å². The van der Waals surface area contributed by atoms with Crippen LogP contribution >= 0.6 is 0 Å². The molecule has 1 heteroatoms. The van der Waals surface area contributed by atoms with Crippen molar-refractivity contribution in [2.24, 2.45) is 5.92 Å². The summed E-state index contributed by atoms with van der Waals surface area (Å²) in [4.78, 5) is 0. The molecule has 0 spiro atoms. The molecular weight excluding hydrogens is 242 g/mol. The van der Waals surface area contributed by atoms with Gasteiger partial charge in [0.1, 0.15) is 0 Å². The van der Waals surface area contributed by atoms with Gasteiger partial charge in [-0.15, -0.1) is 0 Å². The van der Waals surface area contributed by atoms with Gasteiger partial charge in [0, 0.05) is 6.04 Å². The molecule has 4 rings (SSSR count). The van der Waals surface area contributed by atoms with E-state index in [0.29, 0.717) is 6.04 Å². The third-order valence-electron chi connectivity index (χ3n) is 5.43. The van der Waals surface area contributed by atoms with E-state index in [1.165, 1.54) is 49.5 Å². The second-order valence-corrected chi connectivity index (χ2v) is 6.46. The van der Waals surface area contributed by atoms with Crippen LogP contribution in [0.15, 0.2) is 30.3 Å². The van der Waals surface area contributed by atoms with Crippen LogP contribution in [0.3, 0.4) is 0 Å². The molecule has 104 valence electrons. The Kier molecular flexibility index (Phi) is 3.03. The van der Waals surface area contributed by atoms with Crippen molar-refractivity contribution in [3.8, 4) is 0 Å². The van der Waals surface area contributed by atoms with Crippen molar-refractivity contribution >= 4 is 10.8 Å². The van der Waals surface area contributed by atoms with Crippen LogP contribution in [-0.2, 0) is 12.8 Å². The average molecular weight is 265 g/mol. The molecule has 2 aromatic carbocycles. The molecule has 0 heterocycles. The number of hydrogen-bond donors (Lipinski definition) is 1. The predicted octanol–water partition coefficient (Wildman–Crippen LogP) is 4.39. The molecule has 1 fully saturated rings. The Balaban J connectivity index is 1.87. The molecule has 2 aliphatic carbocycles. The van der Waals surface area contributed by atoms with Crippen LogP contribution in [0.4, 0.5) is 0 Å². The van der Waals surface area contributed by atoms with Crippen molar-refractivity contribution in [3.05, 3.63) is 47.0 Å². The number of nitrogens with one attached hydrogen (secondary N) is 1. The Bertz CT molecular complexity index is 627. The van der Waals surface area contributed by atoms with Gasteiger partial charge in [0.05, 0.1) is 0 Å². The minimum atomic E-state index is 0.530. The fourth-order valence-corrected chi connectivity index (χ4v) is 4.48. The zero-order valence-electron chi connectivity index (χ0n) is 12.3. The first kappa shape index (κ1) is 12.4. The number of hydrogen-bond acceptors (Lipinski definition) is 1. The van der Waals surface area contributed by atoms with Gasteiger partial charge in [-0.25, -0.2) is 0 Å². The van der Waals surface area contributed by atoms with Crippen LogP contribution < -0.4 is 5.32 Å². The topological polar surface area (TPSA) is 12.0 Å². The molecule has 1 saturated carbocycles. The molecule has 2 aliphatic rings. The van der Waals surface area contributed by atoms with Gasteiger partial charge in [-0.1, -0.05) is 43.2 Å². The lowest BCUT2D eigenvalue weighted by Crippen LogP contribution is -2.23. The third kappa shape index (κ3) is 1.80. The third-order valence-corrected chi connectivity index (χ3v) is 5.43. The Morgan fingerprint density at radius 1 is 1.00 bits per heavy atom. The van der Waals surface area contributed by atoms with E-state index in [4.69, 9.17) is 0 Å². The van der Waals surface area contributed by atoms with Gasteiger partial charge >= 0.3 is 0 Å². The molecule has 1 nitrogen and oxygen atoms in total. The fraction of sp³-hybridized carbons (Fsp3) is 0.474. The SMILES string of the molecule is CNC(c1ccc2c3c(cccc13)CC2)C1CCCC1. The van der Waals surface area contributed by atoms with E-state index in [2.05, 4.69) is 42.7 Å². The van der Waals surface area contributed by atoms with Crippen molar-refractivity contribution in [2.75, 3.05) is 7.05 Å². The zero-order valence-corrected chi connectivity index (χ0v) is 12.3. The highest BCUT2D eigenvalue weighted by atomic mass is 14.9. The van der Waals surface area contributed by atoms with Crippen LogP contribution in [0.25, 0.3) is 10.8 Å². The zero-order chi connectivity index (χ0) is 13.5. The summed E-state index contributed by atoms with van der Waals surface area (Å²) in [5.41, 5.74) is 4.64. The lowest BCUT2D eigenvalue weighted by atomic mass is 9.87. The minimum Gasteiger partial charge on any atom is -0.313 e. The molecule has 0 aliphatic heterocycles. The van der Waals surface area contributed by atoms with Crippen molar-refractivity contribution in [3.63, 3.8) is 0 Å². The van der Waals surface area contributed by atoms with Gasteiger partial charge in [-0.3, -0.25) is 0 Å². The number of rotatable bonds is 3. The lowest BCUT2D eigenvalue weighted by molar-refractivity contribution is 0.392. The van der Waals surface area contributed by atoms with Crippen molar-refractivity contribution in [1.29, 1.82) is 0 Å². The summed E-state index contributed by atoms with van der Waals surface area (Å²) >= 11 is 0. The van der Waals surface area contributed by atoms with Crippen molar-refractivity contribution in [2.45, 2.75) is 44.6 Å². The predicted molar refractivity (Wildman–Crippen MR) is 85.1 cm³/mol.